The molecule has 0 spiro atoms. The molecule has 1 saturated carbocycles. The van der Waals surface area contributed by atoms with Gasteiger partial charge >= 0.3 is 0 Å². The molecule has 0 aliphatic heterocycles. The molecule has 0 heterocycles. The van der Waals surface area contributed by atoms with Crippen LogP contribution in [0.4, 0.5) is 0 Å². The maximum Gasteiger partial charge on any atom is 0.191 e. The van der Waals surface area contributed by atoms with Gasteiger partial charge in [-0.1, -0.05) is 12.1 Å². The van der Waals surface area contributed by atoms with Crippen molar-refractivity contribution in [2.75, 3.05) is 46.7 Å². The van der Waals surface area contributed by atoms with Gasteiger partial charge in [0, 0.05) is 52.6 Å². The molecule has 1 aromatic carbocycles. The molecule has 8 heteroatoms. The van der Waals surface area contributed by atoms with Crippen LogP contribution in [0.5, 0.6) is 0 Å². The predicted octanol–water partition coefficient (Wildman–Crippen LogP) is 1.17. The van der Waals surface area contributed by atoms with E-state index in [4.69, 9.17) is 4.74 Å². The topological polar surface area (TPSA) is 83.0 Å². The molecule has 0 amide bonds. The van der Waals surface area contributed by atoms with E-state index in [1.54, 1.807) is 20.2 Å². The summed E-state index contributed by atoms with van der Waals surface area (Å²) in [6.07, 6.45) is 3.79. The number of aliphatic imine (C=N–C) groups is 1. The molecule has 1 aliphatic rings. The number of methoxy groups -OCH3 is 1. The van der Waals surface area contributed by atoms with Crippen molar-refractivity contribution < 1.29 is 13.2 Å². The Morgan fingerprint density at radius 1 is 1.30 bits per heavy atom. The van der Waals surface area contributed by atoms with Gasteiger partial charge in [0.2, 0.25) is 0 Å². The number of hydrogen-bond acceptors (Lipinski definition) is 5. The highest BCUT2D eigenvalue weighted by Crippen LogP contribution is 2.25. The van der Waals surface area contributed by atoms with Crippen LogP contribution in [-0.2, 0) is 21.1 Å². The average Bonchev–Trinajstić information content (AvgIpc) is 3.44. The van der Waals surface area contributed by atoms with Crippen molar-refractivity contribution in [2.45, 2.75) is 37.2 Å². The zero-order chi connectivity index (χ0) is 19.9. The molecule has 1 aromatic rings. The normalized spacial score (nSPS) is 15.2. The van der Waals surface area contributed by atoms with E-state index in [0.29, 0.717) is 17.5 Å². The minimum atomic E-state index is -3.19. The number of aryl methyl sites for hydroxylation is 1. The molecule has 2 N–H and O–H groups in total. The summed E-state index contributed by atoms with van der Waals surface area (Å²) >= 11 is 0. The van der Waals surface area contributed by atoms with Crippen molar-refractivity contribution in [1.82, 2.24) is 15.5 Å². The number of rotatable bonds is 10. The number of ether oxygens (including phenoxy) is 1. The van der Waals surface area contributed by atoms with E-state index in [2.05, 4.69) is 20.5 Å². The van der Waals surface area contributed by atoms with Crippen LogP contribution in [0.3, 0.4) is 0 Å². The molecule has 0 bridgehead atoms. The van der Waals surface area contributed by atoms with Gasteiger partial charge in [-0.15, -0.1) is 0 Å². The summed E-state index contributed by atoms with van der Waals surface area (Å²) in [7, 11) is 0.297. The van der Waals surface area contributed by atoms with Gasteiger partial charge < -0.3 is 15.4 Å². The molecule has 1 aliphatic carbocycles. The van der Waals surface area contributed by atoms with Gasteiger partial charge in [0.15, 0.2) is 15.8 Å². The van der Waals surface area contributed by atoms with Crippen LogP contribution in [-0.4, -0.2) is 72.0 Å². The van der Waals surface area contributed by atoms with Gasteiger partial charge in [0.1, 0.15) is 0 Å². The zero-order valence-electron chi connectivity index (χ0n) is 16.8. The fraction of sp³-hybridized carbons (Fsp3) is 0.632. The van der Waals surface area contributed by atoms with E-state index < -0.39 is 9.84 Å². The van der Waals surface area contributed by atoms with Crippen molar-refractivity contribution in [1.29, 1.82) is 0 Å². The number of nitrogens with zero attached hydrogens (tertiary/aromatic N) is 2. The Bertz CT molecular complexity index is 745. The molecule has 0 unspecified atom stereocenters. The first kappa shape index (κ1) is 21.7. The molecule has 152 valence electrons. The number of sulfone groups is 1. The quantitative estimate of drug-likeness (QED) is 0.456. The van der Waals surface area contributed by atoms with Gasteiger partial charge in [-0.2, -0.15) is 0 Å². The Morgan fingerprint density at radius 3 is 2.59 bits per heavy atom. The molecule has 1 fully saturated rings. The standard InChI is InChI=1S/C19H32N4O3S/c1-15-13-16(5-8-18(15)27(4,24)25)14-22-19(20-2)21-9-10-23(11-12-26-3)17-6-7-17/h5,8,13,17H,6-7,9-12,14H2,1-4H3,(H2,20,21,22). The van der Waals surface area contributed by atoms with Crippen molar-refractivity contribution in [3.63, 3.8) is 0 Å². The van der Waals surface area contributed by atoms with E-state index in [-0.39, 0.29) is 0 Å². The van der Waals surface area contributed by atoms with E-state index in [1.807, 2.05) is 19.1 Å². The summed E-state index contributed by atoms with van der Waals surface area (Å²) in [5.74, 6) is 0.738. The van der Waals surface area contributed by atoms with Crippen molar-refractivity contribution in [3.05, 3.63) is 29.3 Å². The summed E-state index contributed by atoms with van der Waals surface area (Å²) < 4.78 is 28.6. The first-order chi connectivity index (χ1) is 12.8. The number of hydrogen-bond donors (Lipinski definition) is 2. The molecule has 27 heavy (non-hydrogen) atoms. The maximum atomic E-state index is 11.7. The minimum Gasteiger partial charge on any atom is -0.383 e. The summed E-state index contributed by atoms with van der Waals surface area (Å²) in [5.41, 5.74) is 1.78. The third kappa shape index (κ3) is 7.12. The third-order valence-corrected chi connectivity index (χ3v) is 5.92. The molecule has 7 nitrogen and oxygen atoms in total. The lowest BCUT2D eigenvalue weighted by Crippen LogP contribution is -2.42. The first-order valence-electron chi connectivity index (χ1n) is 9.32. The Balaban J connectivity index is 1.80. The molecule has 2 rings (SSSR count). The highest BCUT2D eigenvalue weighted by atomic mass is 32.2. The largest absolute Gasteiger partial charge is 0.383 e. The third-order valence-electron chi connectivity index (χ3n) is 4.66. The SMILES string of the molecule is CN=C(NCCN(CCOC)C1CC1)NCc1ccc(S(C)(=O)=O)c(C)c1. The van der Waals surface area contributed by atoms with E-state index in [1.165, 1.54) is 19.1 Å². The second kappa shape index (κ2) is 10.1. The Morgan fingerprint density at radius 2 is 2.04 bits per heavy atom. The van der Waals surface area contributed by atoms with Crippen LogP contribution in [0.15, 0.2) is 28.1 Å². The molecular formula is C19H32N4O3S. The fourth-order valence-electron chi connectivity index (χ4n) is 3.09. The Labute approximate surface area is 163 Å². The molecular weight excluding hydrogens is 364 g/mol. The van der Waals surface area contributed by atoms with Crippen LogP contribution in [0.1, 0.15) is 24.0 Å². The molecule has 0 aromatic heterocycles. The summed E-state index contributed by atoms with van der Waals surface area (Å²) in [4.78, 5) is 7.09. The monoisotopic (exact) mass is 396 g/mol. The van der Waals surface area contributed by atoms with Crippen LogP contribution in [0, 0.1) is 6.92 Å². The van der Waals surface area contributed by atoms with Crippen molar-refractivity contribution >= 4 is 15.8 Å². The van der Waals surface area contributed by atoms with Gasteiger partial charge in [0.05, 0.1) is 11.5 Å². The highest BCUT2D eigenvalue weighted by Gasteiger charge is 2.28. The number of guanidine groups is 1. The second-order valence-electron chi connectivity index (χ2n) is 6.98. The lowest BCUT2D eigenvalue weighted by Gasteiger charge is -2.22. The molecule has 0 saturated heterocycles. The fourth-order valence-corrected chi connectivity index (χ4v) is 4.05. The van der Waals surface area contributed by atoms with Crippen LogP contribution < -0.4 is 10.6 Å². The summed E-state index contributed by atoms with van der Waals surface area (Å²) in [5, 5.41) is 6.62. The summed E-state index contributed by atoms with van der Waals surface area (Å²) in [6.45, 7) is 5.88. The average molecular weight is 397 g/mol. The van der Waals surface area contributed by atoms with Crippen molar-refractivity contribution in [2.24, 2.45) is 4.99 Å². The highest BCUT2D eigenvalue weighted by molar-refractivity contribution is 7.90. The van der Waals surface area contributed by atoms with Gasteiger partial charge in [0.25, 0.3) is 0 Å². The lowest BCUT2D eigenvalue weighted by molar-refractivity contribution is 0.144. The Hall–Kier alpha value is -1.64. The summed E-state index contributed by atoms with van der Waals surface area (Å²) in [6, 6.07) is 6.11. The van der Waals surface area contributed by atoms with E-state index in [0.717, 1.165) is 43.3 Å². The zero-order valence-corrected chi connectivity index (χ0v) is 17.6. The molecule has 0 atom stereocenters. The van der Waals surface area contributed by atoms with E-state index in [9.17, 15) is 8.42 Å². The van der Waals surface area contributed by atoms with E-state index >= 15 is 0 Å². The number of nitrogens with one attached hydrogen (secondary N) is 2. The van der Waals surface area contributed by atoms with Crippen LogP contribution >= 0.6 is 0 Å². The lowest BCUT2D eigenvalue weighted by atomic mass is 10.1. The van der Waals surface area contributed by atoms with Gasteiger partial charge in [-0.25, -0.2) is 8.42 Å². The number of benzene rings is 1. The smallest absolute Gasteiger partial charge is 0.191 e. The van der Waals surface area contributed by atoms with Gasteiger partial charge in [-0.3, -0.25) is 9.89 Å². The predicted molar refractivity (Wildman–Crippen MR) is 109 cm³/mol. The van der Waals surface area contributed by atoms with Gasteiger partial charge in [-0.05, 0) is 37.0 Å². The second-order valence-corrected chi connectivity index (χ2v) is 8.97. The van der Waals surface area contributed by atoms with Crippen LogP contribution in [0.25, 0.3) is 0 Å². The first-order valence-corrected chi connectivity index (χ1v) is 11.2. The molecule has 0 radical (unpaired) electrons. The van der Waals surface area contributed by atoms with Crippen LogP contribution in [0.2, 0.25) is 0 Å². The maximum absolute atomic E-state index is 11.7. The Kier molecular flexibility index (Phi) is 8.07. The minimum absolute atomic E-state index is 0.380. The van der Waals surface area contributed by atoms with Crippen molar-refractivity contribution in [3.8, 4) is 0 Å².